The number of benzene rings is 1. The van der Waals surface area contributed by atoms with Crippen molar-refractivity contribution < 1.29 is 10.1 Å². The molecule has 0 saturated heterocycles. The Bertz CT molecular complexity index is 224. The summed E-state index contributed by atoms with van der Waals surface area (Å²) in [5, 5.41) is 0.497. The van der Waals surface area contributed by atoms with Crippen molar-refractivity contribution in [2.75, 3.05) is 0 Å². The minimum Gasteiger partial charge on any atom is -0.324 e. The highest BCUT2D eigenvalue weighted by Crippen LogP contribution is 2.16. The van der Waals surface area contributed by atoms with E-state index in [1.54, 1.807) is 0 Å². The monoisotopic (exact) mass is 146 g/mol. The summed E-state index contributed by atoms with van der Waals surface area (Å²) in [6, 6.07) is 4.08. The van der Waals surface area contributed by atoms with E-state index < -0.39 is 0 Å². The molecule has 3 heteroatoms. The number of hydrogen-bond acceptors (Lipinski definition) is 0. The van der Waals surface area contributed by atoms with Crippen LogP contribution in [0.25, 0.3) is 0 Å². The fraction of sp³-hybridized carbons (Fsp3) is 0. The maximum atomic E-state index is 12.2. The fourth-order valence-corrected chi connectivity index (χ4v) is 0.661. The van der Waals surface area contributed by atoms with Gasteiger partial charge in [0.1, 0.15) is 16.5 Å². The van der Waals surface area contributed by atoms with E-state index in [4.69, 9.17) is 11.6 Å². The van der Waals surface area contributed by atoms with Gasteiger partial charge in [-0.2, -0.15) is 0 Å². The van der Waals surface area contributed by atoms with E-state index in [-0.39, 0.29) is 5.82 Å². The van der Waals surface area contributed by atoms with E-state index in [9.17, 15) is 4.39 Å². The zero-order valence-electron chi connectivity index (χ0n) is 4.70. The van der Waals surface area contributed by atoms with Gasteiger partial charge in [0.05, 0.1) is 0 Å². The van der Waals surface area contributed by atoms with E-state index in [0.29, 0.717) is 10.7 Å². The van der Waals surface area contributed by atoms with Gasteiger partial charge in [-0.05, 0) is 12.1 Å². The Morgan fingerprint density at radius 2 is 2.11 bits per heavy atom. The fourth-order valence-electron chi connectivity index (χ4n) is 0.543. The molecule has 0 aliphatic heterocycles. The van der Waals surface area contributed by atoms with Crippen LogP contribution in [0.5, 0.6) is 0 Å². The van der Waals surface area contributed by atoms with E-state index in [1.165, 1.54) is 18.2 Å². The van der Waals surface area contributed by atoms with Crippen molar-refractivity contribution in [2.24, 2.45) is 0 Å². The summed E-state index contributed by atoms with van der Waals surface area (Å²) >= 11 is 5.55. The lowest BCUT2D eigenvalue weighted by Crippen LogP contribution is -2.40. The zero-order chi connectivity index (χ0) is 6.85. The van der Waals surface area contributed by atoms with Crippen molar-refractivity contribution in [1.82, 2.24) is 0 Å². The number of hydrogen-bond donors (Lipinski definition) is 1. The van der Waals surface area contributed by atoms with Crippen LogP contribution in [-0.2, 0) is 0 Å². The number of halogens is 2. The molecule has 0 aliphatic rings. The van der Waals surface area contributed by atoms with Crippen LogP contribution < -0.4 is 5.73 Å². The van der Waals surface area contributed by atoms with Crippen molar-refractivity contribution in [3.05, 3.63) is 29.0 Å². The third kappa shape index (κ3) is 1.40. The van der Waals surface area contributed by atoms with Gasteiger partial charge >= 0.3 is 0 Å². The summed E-state index contributed by atoms with van der Waals surface area (Å²) < 4.78 is 12.2. The summed E-state index contributed by atoms with van der Waals surface area (Å²) in [4.78, 5) is 0. The Hall–Kier alpha value is -0.600. The third-order valence-corrected chi connectivity index (χ3v) is 1.38. The molecule has 1 aromatic carbocycles. The highest BCUT2D eigenvalue weighted by molar-refractivity contribution is 6.32. The summed E-state index contributed by atoms with van der Waals surface area (Å²) in [6.45, 7) is 0. The van der Waals surface area contributed by atoms with E-state index in [1.807, 2.05) is 0 Å². The maximum Gasteiger partial charge on any atom is 0.149 e. The average Bonchev–Trinajstić information content (AvgIpc) is 1.80. The lowest BCUT2D eigenvalue weighted by atomic mass is 10.3. The Labute approximate surface area is 57.2 Å². The van der Waals surface area contributed by atoms with Crippen LogP contribution in [0.4, 0.5) is 10.1 Å². The summed E-state index contributed by atoms with van der Waals surface area (Å²) in [5.41, 5.74) is 4.03. The molecule has 48 valence electrons. The summed E-state index contributed by atoms with van der Waals surface area (Å²) in [7, 11) is 0. The van der Waals surface area contributed by atoms with Gasteiger partial charge in [0.15, 0.2) is 0 Å². The lowest BCUT2D eigenvalue weighted by Gasteiger charge is -1.90. The van der Waals surface area contributed by atoms with E-state index in [2.05, 4.69) is 5.73 Å². The molecule has 0 aromatic heterocycles. The Morgan fingerprint density at radius 1 is 1.44 bits per heavy atom. The Morgan fingerprint density at radius 3 is 2.56 bits per heavy atom. The van der Waals surface area contributed by atoms with Gasteiger partial charge in [0, 0.05) is 6.07 Å². The maximum absolute atomic E-state index is 12.2. The Balaban J connectivity index is 3.17. The molecular formula is C6H6ClFN+. The minimum atomic E-state index is -0.301. The molecule has 0 spiro atoms. The molecule has 9 heavy (non-hydrogen) atoms. The van der Waals surface area contributed by atoms with Crippen LogP contribution in [0.3, 0.4) is 0 Å². The molecule has 0 bridgehead atoms. The second-order valence-corrected chi connectivity index (χ2v) is 2.14. The largest absolute Gasteiger partial charge is 0.324 e. The van der Waals surface area contributed by atoms with E-state index in [0.717, 1.165) is 0 Å². The van der Waals surface area contributed by atoms with Gasteiger partial charge in [-0.1, -0.05) is 11.6 Å². The molecule has 0 saturated carbocycles. The van der Waals surface area contributed by atoms with Gasteiger partial charge in [-0.3, -0.25) is 0 Å². The van der Waals surface area contributed by atoms with Crippen LogP contribution in [0, 0.1) is 5.82 Å². The van der Waals surface area contributed by atoms with Gasteiger partial charge in [-0.15, -0.1) is 0 Å². The molecule has 0 amide bonds. The normalized spacial score (nSPS) is 9.67. The molecule has 0 fully saturated rings. The molecule has 3 N–H and O–H groups in total. The molecule has 0 aliphatic carbocycles. The summed E-state index contributed by atoms with van der Waals surface area (Å²) in [6.07, 6.45) is 0. The predicted molar refractivity (Wildman–Crippen MR) is 34.0 cm³/mol. The molecular weight excluding hydrogens is 141 g/mol. The van der Waals surface area contributed by atoms with Crippen LogP contribution in [0.1, 0.15) is 0 Å². The predicted octanol–water partition coefficient (Wildman–Crippen LogP) is 1.35. The van der Waals surface area contributed by atoms with Crippen molar-refractivity contribution >= 4 is 17.3 Å². The minimum absolute atomic E-state index is 0.301. The van der Waals surface area contributed by atoms with Gasteiger partial charge in [0.25, 0.3) is 0 Å². The van der Waals surface area contributed by atoms with Crippen LogP contribution in [0.15, 0.2) is 18.2 Å². The van der Waals surface area contributed by atoms with Crippen LogP contribution in [0.2, 0.25) is 5.02 Å². The first-order chi connectivity index (χ1) is 4.20. The van der Waals surface area contributed by atoms with Crippen molar-refractivity contribution in [2.45, 2.75) is 0 Å². The first-order valence-corrected chi connectivity index (χ1v) is 2.85. The molecule has 0 heterocycles. The first-order valence-electron chi connectivity index (χ1n) is 2.47. The number of quaternary nitrogens is 1. The van der Waals surface area contributed by atoms with Crippen molar-refractivity contribution in [1.29, 1.82) is 0 Å². The van der Waals surface area contributed by atoms with Gasteiger partial charge in [-0.25, -0.2) is 4.39 Å². The van der Waals surface area contributed by atoms with Crippen molar-refractivity contribution in [3.8, 4) is 0 Å². The quantitative estimate of drug-likeness (QED) is 0.573. The second kappa shape index (κ2) is 2.33. The highest BCUT2D eigenvalue weighted by Gasteiger charge is 1.98. The molecule has 0 unspecified atom stereocenters. The average molecular weight is 147 g/mol. The molecule has 1 rings (SSSR count). The smallest absolute Gasteiger partial charge is 0.149 e. The van der Waals surface area contributed by atoms with Gasteiger partial charge in [0.2, 0.25) is 0 Å². The van der Waals surface area contributed by atoms with Crippen LogP contribution in [-0.4, -0.2) is 0 Å². The lowest BCUT2D eigenvalue weighted by molar-refractivity contribution is -0.254. The topological polar surface area (TPSA) is 27.6 Å². The number of rotatable bonds is 0. The second-order valence-electron chi connectivity index (χ2n) is 1.74. The van der Waals surface area contributed by atoms with Crippen molar-refractivity contribution in [3.63, 3.8) is 0 Å². The SMILES string of the molecule is [NH3+]c1cc(F)ccc1Cl. The first kappa shape index (κ1) is 6.52. The van der Waals surface area contributed by atoms with Gasteiger partial charge < -0.3 is 5.73 Å². The Kier molecular flexibility index (Phi) is 1.69. The third-order valence-electron chi connectivity index (χ3n) is 1.01. The molecule has 0 atom stereocenters. The molecule has 0 radical (unpaired) electrons. The van der Waals surface area contributed by atoms with Crippen LogP contribution >= 0.6 is 11.6 Å². The molecule has 1 aromatic rings. The standard InChI is InChI=1S/C6H5ClFN/c7-5-2-1-4(8)3-6(5)9/h1-3H,9H2/p+1. The zero-order valence-corrected chi connectivity index (χ0v) is 5.45. The molecule has 1 nitrogen and oxygen atoms in total. The summed E-state index contributed by atoms with van der Waals surface area (Å²) in [5.74, 6) is -0.301. The highest BCUT2D eigenvalue weighted by atomic mass is 35.5. The van der Waals surface area contributed by atoms with E-state index >= 15 is 0 Å².